The molecule has 6 heteroatoms. The number of esters is 1. The molecule has 0 saturated carbocycles. The topological polar surface area (TPSA) is 81.7 Å². The van der Waals surface area contributed by atoms with Gasteiger partial charge in [-0.05, 0) is 42.3 Å². The van der Waals surface area contributed by atoms with Crippen molar-refractivity contribution in [3.8, 4) is 5.88 Å². The van der Waals surface area contributed by atoms with Gasteiger partial charge in [0.2, 0.25) is 0 Å². The van der Waals surface area contributed by atoms with Crippen LogP contribution in [-0.2, 0) is 16.1 Å². The molecule has 0 fully saturated rings. The first-order valence-corrected chi connectivity index (χ1v) is 9.07. The molecule has 1 aromatic carbocycles. The van der Waals surface area contributed by atoms with Gasteiger partial charge in [0.25, 0.3) is 0 Å². The van der Waals surface area contributed by atoms with E-state index in [2.05, 4.69) is 0 Å². The summed E-state index contributed by atoms with van der Waals surface area (Å²) in [7, 11) is 1.28. The third-order valence-corrected chi connectivity index (χ3v) is 5.04. The van der Waals surface area contributed by atoms with Crippen LogP contribution >= 0.6 is 0 Å². The van der Waals surface area contributed by atoms with Crippen LogP contribution in [0.3, 0.4) is 0 Å². The third-order valence-electron chi connectivity index (χ3n) is 5.04. The maximum absolute atomic E-state index is 12.6. The zero-order valence-electron chi connectivity index (χ0n) is 16.0. The van der Waals surface area contributed by atoms with E-state index in [1.807, 2.05) is 24.3 Å². The van der Waals surface area contributed by atoms with Gasteiger partial charge in [0, 0.05) is 11.3 Å². The van der Waals surface area contributed by atoms with Crippen molar-refractivity contribution in [1.29, 1.82) is 0 Å². The van der Waals surface area contributed by atoms with Crippen molar-refractivity contribution in [2.45, 2.75) is 13.5 Å². The van der Waals surface area contributed by atoms with Crippen LogP contribution in [0.1, 0.15) is 38.5 Å². The molecule has 0 spiro atoms. The fraction of sp³-hybridized carbons (Fsp3) is 0.130. The second-order valence-electron chi connectivity index (χ2n) is 6.70. The van der Waals surface area contributed by atoms with Crippen LogP contribution < -0.4 is 0 Å². The zero-order chi connectivity index (χ0) is 20.5. The van der Waals surface area contributed by atoms with Crippen LogP contribution in [0.4, 0.5) is 0 Å². The maximum atomic E-state index is 12.6. The minimum absolute atomic E-state index is 0.133. The van der Waals surface area contributed by atoms with Crippen molar-refractivity contribution in [1.82, 2.24) is 4.57 Å². The fourth-order valence-corrected chi connectivity index (χ4v) is 3.56. The molecule has 29 heavy (non-hydrogen) atoms. The van der Waals surface area contributed by atoms with E-state index in [0.717, 1.165) is 11.1 Å². The summed E-state index contributed by atoms with van der Waals surface area (Å²) >= 11 is 0. The summed E-state index contributed by atoms with van der Waals surface area (Å²) in [4.78, 5) is 25.1. The molecule has 3 aromatic rings. The van der Waals surface area contributed by atoms with Crippen molar-refractivity contribution in [2.24, 2.45) is 0 Å². The summed E-state index contributed by atoms with van der Waals surface area (Å²) in [5, 5.41) is 10.9. The molecule has 146 valence electrons. The Labute approximate surface area is 167 Å². The number of methoxy groups -OCH3 is 1. The molecule has 0 radical (unpaired) electrons. The Bertz CT molecular complexity index is 1160. The largest absolute Gasteiger partial charge is 0.494 e. The predicted molar refractivity (Wildman–Crippen MR) is 108 cm³/mol. The molecule has 1 N–H and O–H groups in total. The lowest BCUT2D eigenvalue weighted by Crippen LogP contribution is -2.07. The van der Waals surface area contributed by atoms with Gasteiger partial charge >= 0.3 is 5.97 Å². The molecule has 0 bridgehead atoms. The number of carbonyl (C=O) groups excluding carboxylic acids is 2. The van der Waals surface area contributed by atoms with Crippen LogP contribution in [-0.4, -0.2) is 28.5 Å². The Balaban J connectivity index is 1.91. The van der Waals surface area contributed by atoms with Crippen LogP contribution in [0.2, 0.25) is 0 Å². The molecular formula is C23H19NO5. The fourth-order valence-electron chi connectivity index (χ4n) is 3.56. The number of carbonyl (C=O) groups is 2. The predicted octanol–water partition coefficient (Wildman–Crippen LogP) is 4.07. The number of furan rings is 1. The lowest BCUT2D eigenvalue weighted by atomic mass is 9.90. The summed E-state index contributed by atoms with van der Waals surface area (Å²) in [5.74, 6) is -0.298. The van der Waals surface area contributed by atoms with Gasteiger partial charge in [-0.3, -0.25) is 4.79 Å². The number of hydrogen-bond donors (Lipinski definition) is 1. The first-order valence-electron chi connectivity index (χ1n) is 9.07. The number of ketones is 1. The molecule has 1 aliphatic carbocycles. The van der Waals surface area contributed by atoms with Gasteiger partial charge in [0.15, 0.2) is 11.7 Å². The van der Waals surface area contributed by atoms with E-state index in [1.165, 1.54) is 13.2 Å². The lowest BCUT2D eigenvalue weighted by Gasteiger charge is -2.13. The minimum atomic E-state index is -0.588. The third kappa shape index (κ3) is 3.18. The highest BCUT2D eigenvalue weighted by Gasteiger charge is 2.27. The number of rotatable bonds is 4. The van der Waals surface area contributed by atoms with Gasteiger partial charge in [-0.25, -0.2) is 4.79 Å². The number of fused-ring (bicyclic) bond motifs is 1. The smallest absolute Gasteiger partial charge is 0.340 e. The van der Waals surface area contributed by atoms with Crippen molar-refractivity contribution >= 4 is 29.5 Å². The van der Waals surface area contributed by atoms with Crippen LogP contribution in [0.5, 0.6) is 5.88 Å². The van der Waals surface area contributed by atoms with Crippen molar-refractivity contribution in [3.63, 3.8) is 0 Å². The number of aromatic nitrogens is 1. The Morgan fingerprint density at radius 2 is 2.00 bits per heavy atom. The van der Waals surface area contributed by atoms with Crippen molar-refractivity contribution in [3.05, 3.63) is 82.4 Å². The molecule has 0 aliphatic heterocycles. The van der Waals surface area contributed by atoms with Gasteiger partial charge in [-0.2, -0.15) is 0 Å². The van der Waals surface area contributed by atoms with Crippen molar-refractivity contribution < 1.29 is 23.8 Å². The number of ether oxygens (including phenoxy) is 1. The van der Waals surface area contributed by atoms with Gasteiger partial charge in [-0.1, -0.05) is 30.3 Å². The molecule has 2 aromatic heterocycles. The highest BCUT2D eigenvalue weighted by molar-refractivity contribution is 6.33. The van der Waals surface area contributed by atoms with E-state index in [0.29, 0.717) is 17.0 Å². The Morgan fingerprint density at radius 3 is 2.72 bits per heavy atom. The average Bonchev–Trinajstić information content (AvgIpc) is 3.32. The highest BCUT2D eigenvalue weighted by Crippen LogP contribution is 2.35. The normalized spacial score (nSPS) is 14.3. The quantitative estimate of drug-likeness (QED) is 0.537. The molecule has 0 unspecified atom stereocenters. The van der Waals surface area contributed by atoms with Crippen LogP contribution in [0, 0.1) is 6.92 Å². The zero-order valence-corrected chi connectivity index (χ0v) is 16.0. The Morgan fingerprint density at radius 1 is 1.21 bits per heavy atom. The molecular weight excluding hydrogens is 370 g/mol. The SMILES string of the molecule is COC(=O)c1c(C=C2C(=O)C=Cc3ccccc32)c(O)n(Cc2ccco2)c1C. The summed E-state index contributed by atoms with van der Waals surface area (Å²) in [6, 6.07) is 11.0. The van der Waals surface area contributed by atoms with Gasteiger partial charge in [-0.15, -0.1) is 0 Å². The Hall–Kier alpha value is -3.80. The maximum Gasteiger partial charge on any atom is 0.340 e. The van der Waals surface area contributed by atoms with Crippen LogP contribution in [0.25, 0.3) is 17.7 Å². The summed E-state index contributed by atoms with van der Waals surface area (Å²) < 4.78 is 11.9. The summed E-state index contributed by atoms with van der Waals surface area (Å²) in [6.07, 6.45) is 6.33. The van der Waals surface area contributed by atoms with Crippen molar-refractivity contribution in [2.75, 3.05) is 7.11 Å². The number of hydrogen-bond acceptors (Lipinski definition) is 5. The Kier molecular flexibility index (Phi) is 4.68. The van der Waals surface area contributed by atoms with E-state index in [4.69, 9.17) is 9.15 Å². The molecule has 0 amide bonds. The first-order chi connectivity index (χ1) is 14.0. The molecule has 6 nitrogen and oxygen atoms in total. The molecule has 4 rings (SSSR count). The number of allylic oxidation sites excluding steroid dienone is 2. The van der Waals surface area contributed by atoms with Gasteiger partial charge in [0.05, 0.1) is 31.0 Å². The molecule has 2 heterocycles. The van der Waals surface area contributed by atoms with Crippen LogP contribution in [0.15, 0.2) is 53.2 Å². The molecule has 1 aliphatic rings. The molecule has 0 atom stereocenters. The number of nitrogens with zero attached hydrogens (tertiary/aromatic N) is 1. The second kappa shape index (κ2) is 7.31. The van der Waals surface area contributed by atoms with E-state index < -0.39 is 5.97 Å². The number of aromatic hydroxyl groups is 1. The first kappa shape index (κ1) is 18.6. The average molecular weight is 389 g/mol. The second-order valence-corrected chi connectivity index (χ2v) is 6.70. The number of benzene rings is 1. The minimum Gasteiger partial charge on any atom is -0.494 e. The van der Waals surface area contributed by atoms with Gasteiger partial charge < -0.3 is 18.8 Å². The van der Waals surface area contributed by atoms with Gasteiger partial charge in [0.1, 0.15) is 5.76 Å². The monoisotopic (exact) mass is 389 g/mol. The van der Waals surface area contributed by atoms with E-state index in [1.54, 1.807) is 42.0 Å². The van der Waals surface area contributed by atoms with E-state index in [-0.39, 0.29) is 29.3 Å². The highest BCUT2D eigenvalue weighted by atomic mass is 16.5. The standard InChI is InChI=1S/C23H19NO5/c1-14-21(23(27)28-2)19(22(26)24(14)13-16-7-5-11-29-16)12-18-17-8-4-3-6-15(17)9-10-20(18)25/h3-12,26H,13H2,1-2H3. The summed E-state index contributed by atoms with van der Waals surface area (Å²) in [5.41, 5.74) is 3.01. The summed E-state index contributed by atoms with van der Waals surface area (Å²) in [6.45, 7) is 1.95. The molecule has 0 saturated heterocycles. The lowest BCUT2D eigenvalue weighted by molar-refractivity contribution is -0.109. The van der Waals surface area contributed by atoms with E-state index >= 15 is 0 Å². The van der Waals surface area contributed by atoms with E-state index in [9.17, 15) is 14.7 Å².